The Kier molecular flexibility index (Phi) is 7.29. The van der Waals surface area contributed by atoms with Gasteiger partial charge in [-0.15, -0.1) is 0 Å². The maximum absolute atomic E-state index is 11.5. The largest absolute Gasteiger partial charge is 0.482 e. The van der Waals surface area contributed by atoms with E-state index >= 15 is 0 Å². The third kappa shape index (κ3) is 6.29. The van der Waals surface area contributed by atoms with Crippen molar-refractivity contribution >= 4 is 11.9 Å². The monoisotopic (exact) mass is 294 g/mol. The minimum atomic E-state index is -0.411. The van der Waals surface area contributed by atoms with Crippen LogP contribution in [0.15, 0.2) is 24.3 Å². The van der Waals surface area contributed by atoms with Crippen LogP contribution >= 0.6 is 0 Å². The maximum atomic E-state index is 11.5. The van der Waals surface area contributed by atoms with Gasteiger partial charge in [-0.25, -0.2) is 9.59 Å². The number of ether oxygens (including phenoxy) is 3. The summed E-state index contributed by atoms with van der Waals surface area (Å²) in [7, 11) is 1.32. The topological polar surface area (TPSA) is 61.8 Å². The second kappa shape index (κ2) is 9.00. The van der Waals surface area contributed by atoms with Crippen molar-refractivity contribution in [3.8, 4) is 5.75 Å². The number of hydrogen-bond acceptors (Lipinski definition) is 5. The van der Waals surface area contributed by atoms with Gasteiger partial charge in [-0.05, 0) is 36.6 Å². The molecule has 1 unspecified atom stereocenters. The van der Waals surface area contributed by atoms with Crippen molar-refractivity contribution in [3.63, 3.8) is 0 Å². The highest BCUT2D eigenvalue weighted by Gasteiger charge is 2.08. The lowest BCUT2D eigenvalue weighted by atomic mass is 10.1. The van der Waals surface area contributed by atoms with E-state index in [0.717, 1.165) is 12.8 Å². The number of rotatable bonds is 8. The van der Waals surface area contributed by atoms with Crippen molar-refractivity contribution in [3.05, 3.63) is 29.8 Å². The van der Waals surface area contributed by atoms with Gasteiger partial charge in [0.05, 0.1) is 19.3 Å². The Hall–Kier alpha value is -2.04. The van der Waals surface area contributed by atoms with Crippen LogP contribution in [0.1, 0.15) is 37.0 Å². The van der Waals surface area contributed by atoms with Crippen LogP contribution in [0.4, 0.5) is 0 Å². The number of methoxy groups -OCH3 is 1. The first-order valence-corrected chi connectivity index (χ1v) is 7.03. The molecule has 5 heteroatoms. The highest BCUT2D eigenvalue weighted by Crippen LogP contribution is 2.13. The average Bonchev–Trinajstić information content (AvgIpc) is 2.52. The van der Waals surface area contributed by atoms with E-state index in [4.69, 9.17) is 9.47 Å². The fraction of sp³-hybridized carbons (Fsp3) is 0.500. The molecule has 5 nitrogen and oxygen atoms in total. The number of benzene rings is 1. The Labute approximate surface area is 125 Å². The first-order chi connectivity index (χ1) is 10.1. The molecule has 0 aromatic heterocycles. The van der Waals surface area contributed by atoms with E-state index in [1.165, 1.54) is 7.11 Å². The highest BCUT2D eigenvalue weighted by molar-refractivity contribution is 5.89. The molecule has 0 aliphatic carbocycles. The van der Waals surface area contributed by atoms with E-state index < -0.39 is 11.9 Å². The molecule has 0 saturated carbocycles. The summed E-state index contributed by atoms with van der Waals surface area (Å²) < 4.78 is 15.0. The van der Waals surface area contributed by atoms with Crippen LogP contribution in [0.25, 0.3) is 0 Å². The number of carbonyl (C=O) groups is 2. The summed E-state index contributed by atoms with van der Waals surface area (Å²) in [4.78, 5) is 22.7. The average molecular weight is 294 g/mol. The summed E-state index contributed by atoms with van der Waals surface area (Å²) in [6.07, 6.45) is 1.93. The normalized spacial score (nSPS) is 11.6. The Balaban J connectivity index is 2.31. The number of hydrogen-bond donors (Lipinski definition) is 0. The first-order valence-electron chi connectivity index (χ1n) is 7.03. The van der Waals surface area contributed by atoms with Crippen LogP contribution < -0.4 is 4.74 Å². The van der Waals surface area contributed by atoms with Crippen molar-refractivity contribution in [1.29, 1.82) is 0 Å². The molecule has 0 spiro atoms. The lowest BCUT2D eigenvalue weighted by molar-refractivity contribution is -0.146. The molecule has 0 heterocycles. The Bertz CT molecular complexity index is 452. The predicted molar refractivity (Wildman–Crippen MR) is 78.3 cm³/mol. The van der Waals surface area contributed by atoms with Crippen LogP contribution in [-0.4, -0.2) is 32.3 Å². The van der Waals surface area contributed by atoms with E-state index in [-0.39, 0.29) is 6.61 Å². The molecule has 0 saturated heterocycles. The molecular weight excluding hydrogens is 272 g/mol. The fourth-order valence-electron chi connectivity index (χ4n) is 1.57. The standard InChI is InChI=1S/C16H22O5/c1-4-12(2)9-10-20-15(17)11-21-14-7-5-13(6-8-14)16(18)19-3/h5-8,12H,4,9-11H2,1-3H3. The Morgan fingerprint density at radius 1 is 1.19 bits per heavy atom. The van der Waals surface area contributed by atoms with Crippen LogP contribution in [0.2, 0.25) is 0 Å². The summed E-state index contributed by atoms with van der Waals surface area (Å²) in [5, 5.41) is 0. The van der Waals surface area contributed by atoms with Crippen molar-refractivity contribution in [1.82, 2.24) is 0 Å². The molecule has 0 aliphatic rings. The molecule has 0 fully saturated rings. The molecule has 116 valence electrons. The van der Waals surface area contributed by atoms with E-state index in [0.29, 0.717) is 23.8 Å². The summed E-state index contributed by atoms with van der Waals surface area (Å²) in [6.45, 7) is 4.50. The maximum Gasteiger partial charge on any atom is 0.344 e. The molecular formula is C16H22O5. The number of carbonyl (C=O) groups excluding carboxylic acids is 2. The first kappa shape index (κ1) is 17.0. The van der Waals surface area contributed by atoms with Gasteiger partial charge in [0.15, 0.2) is 6.61 Å². The molecule has 0 radical (unpaired) electrons. The van der Waals surface area contributed by atoms with Gasteiger partial charge in [-0.1, -0.05) is 20.3 Å². The van der Waals surface area contributed by atoms with Gasteiger partial charge >= 0.3 is 11.9 Å². The summed E-state index contributed by atoms with van der Waals surface area (Å²) in [6, 6.07) is 6.38. The van der Waals surface area contributed by atoms with Crippen LogP contribution in [0.5, 0.6) is 5.75 Å². The summed E-state index contributed by atoms with van der Waals surface area (Å²) >= 11 is 0. The van der Waals surface area contributed by atoms with E-state index in [1.807, 2.05) is 0 Å². The Morgan fingerprint density at radius 2 is 1.86 bits per heavy atom. The lowest BCUT2D eigenvalue weighted by Gasteiger charge is -2.10. The quantitative estimate of drug-likeness (QED) is 0.690. The van der Waals surface area contributed by atoms with Gasteiger partial charge in [0.1, 0.15) is 5.75 Å². The fourth-order valence-corrected chi connectivity index (χ4v) is 1.57. The van der Waals surface area contributed by atoms with Crippen molar-refractivity contribution in [2.24, 2.45) is 5.92 Å². The molecule has 1 aromatic rings. The highest BCUT2D eigenvalue weighted by atomic mass is 16.6. The van der Waals surface area contributed by atoms with Crippen LogP contribution in [-0.2, 0) is 14.3 Å². The molecule has 1 atom stereocenters. The van der Waals surface area contributed by atoms with Crippen LogP contribution in [0.3, 0.4) is 0 Å². The molecule has 21 heavy (non-hydrogen) atoms. The zero-order valence-corrected chi connectivity index (χ0v) is 12.8. The van der Waals surface area contributed by atoms with Gasteiger partial charge in [0.2, 0.25) is 0 Å². The second-order valence-electron chi connectivity index (χ2n) is 4.83. The summed E-state index contributed by atoms with van der Waals surface area (Å²) in [5.74, 6) is 0.243. The molecule has 1 aromatic carbocycles. The Morgan fingerprint density at radius 3 is 2.43 bits per heavy atom. The third-order valence-corrected chi connectivity index (χ3v) is 3.20. The van der Waals surface area contributed by atoms with E-state index in [9.17, 15) is 9.59 Å². The SMILES string of the molecule is CCC(C)CCOC(=O)COc1ccc(C(=O)OC)cc1. The smallest absolute Gasteiger partial charge is 0.344 e. The van der Waals surface area contributed by atoms with E-state index in [2.05, 4.69) is 18.6 Å². The van der Waals surface area contributed by atoms with Crippen molar-refractivity contribution in [2.75, 3.05) is 20.3 Å². The summed E-state index contributed by atoms with van der Waals surface area (Å²) in [5.41, 5.74) is 0.431. The van der Waals surface area contributed by atoms with Gasteiger partial charge in [-0.2, -0.15) is 0 Å². The van der Waals surface area contributed by atoms with Crippen molar-refractivity contribution < 1.29 is 23.8 Å². The van der Waals surface area contributed by atoms with Gasteiger partial charge < -0.3 is 14.2 Å². The number of esters is 2. The molecule has 0 bridgehead atoms. The third-order valence-electron chi connectivity index (χ3n) is 3.20. The molecule has 0 N–H and O–H groups in total. The van der Waals surface area contributed by atoms with Gasteiger partial charge in [0, 0.05) is 0 Å². The molecule has 1 rings (SSSR count). The van der Waals surface area contributed by atoms with Gasteiger partial charge in [-0.3, -0.25) is 0 Å². The predicted octanol–water partition coefficient (Wildman–Crippen LogP) is 2.83. The van der Waals surface area contributed by atoms with Crippen molar-refractivity contribution in [2.45, 2.75) is 26.7 Å². The molecule has 0 amide bonds. The zero-order valence-electron chi connectivity index (χ0n) is 12.8. The second-order valence-corrected chi connectivity index (χ2v) is 4.83. The van der Waals surface area contributed by atoms with E-state index in [1.54, 1.807) is 24.3 Å². The van der Waals surface area contributed by atoms with Gasteiger partial charge in [0.25, 0.3) is 0 Å². The molecule has 0 aliphatic heterocycles. The van der Waals surface area contributed by atoms with Crippen LogP contribution in [0, 0.1) is 5.92 Å². The minimum absolute atomic E-state index is 0.141. The lowest BCUT2D eigenvalue weighted by Crippen LogP contribution is -2.16. The minimum Gasteiger partial charge on any atom is -0.482 e. The zero-order chi connectivity index (χ0) is 15.7.